The van der Waals surface area contributed by atoms with Crippen LogP contribution in [0.3, 0.4) is 0 Å². The van der Waals surface area contributed by atoms with Gasteiger partial charge in [-0.25, -0.2) is 0 Å². The van der Waals surface area contributed by atoms with E-state index < -0.39 is 0 Å². The quantitative estimate of drug-likeness (QED) is 0.809. The summed E-state index contributed by atoms with van der Waals surface area (Å²) in [6, 6.07) is 0.413. The van der Waals surface area contributed by atoms with Crippen LogP contribution in [0.2, 0.25) is 0 Å². The van der Waals surface area contributed by atoms with Crippen LogP contribution in [-0.2, 0) is 4.74 Å². The van der Waals surface area contributed by atoms with Gasteiger partial charge in [0.1, 0.15) is 0 Å². The van der Waals surface area contributed by atoms with Gasteiger partial charge >= 0.3 is 0 Å². The summed E-state index contributed by atoms with van der Waals surface area (Å²) >= 11 is 1.19. The Bertz CT molecular complexity index is 371. The fraction of sp³-hybridized carbons (Fsp3) is 0.727. The predicted octanol–water partition coefficient (Wildman–Crippen LogP) is 0.379. The minimum absolute atomic E-state index is 0.137. The van der Waals surface area contributed by atoms with E-state index >= 15 is 0 Å². The van der Waals surface area contributed by atoms with E-state index in [0.29, 0.717) is 18.3 Å². The summed E-state index contributed by atoms with van der Waals surface area (Å²) in [4.78, 5) is 14.1. The van der Waals surface area contributed by atoms with Crippen LogP contribution in [0.25, 0.3) is 0 Å². The van der Waals surface area contributed by atoms with Crippen LogP contribution in [0.4, 0.5) is 0 Å². The molecule has 0 aromatic carbocycles. The van der Waals surface area contributed by atoms with Crippen molar-refractivity contribution in [3.63, 3.8) is 0 Å². The molecule has 100 valence electrons. The predicted molar refractivity (Wildman–Crippen MR) is 68.7 cm³/mol. The van der Waals surface area contributed by atoms with E-state index in [4.69, 9.17) is 4.74 Å². The maximum atomic E-state index is 11.7. The van der Waals surface area contributed by atoms with E-state index in [2.05, 4.69) is 19.8 Å². The Morgan fingerprint density at radius 1 is 1.72 bits per heavy atom. The normalized spacial score (nSPS) is 20.2. The SMILES string of the molecule is COCCN1CCCC1CNC(=O)c1csnn1. The van der Waals surface area contributed by atoms with Crippen LogP contribution in [0.5, 0.6) is 0 Å². The second-order valence-corrected chi connectivity index (χ2v) is 4.93. The molecule has 1 unspecified atom stereocenters. The summed E-state index contributed by atoms with van der Waals surface area (Å²) in [6.45, 7) is 3.41. The lowest BCUT2D eigenvalue weighted by Gasteiger charge is -2.24. The van der Waals surface area contributed by atoms with E-state index in [-0.39, 0.29) is 5.91 Å². The highest BCUT2D eigenvalue weighted by molar-refractivity contribution is 7.03. The molecule has 1 N–H and O–H groups in total. The van der Waals surface area contributed by atoms with Gasteiger partial charge in [0.15, 0.2) is 5.69 Å². The second kappa shape index (κ2) is 6.77. The van der Waals surface area contributed by atoms with E-state index in [1.165, 1.54) is 18.0 Å². The summed E-state index contributed by atoms with van der Waals surface area (Å²) < 4.78 is 8.77. The first-order valence-corrected chi connectivity index (χ1v) is 6.93. The van der Waals surface area contributed by atoms with Gasteiger partial charge in [0.05, 0.1) is 6.61 Å². The van der Waals surface area contributed by atoms with E-state index in [1.54, 1.807) is 12.5 Å². The van der Waals surface area contributed by atoms with Crippen molar-refractivity contribution in [2.75, 3.05) is 33.4 Å². The first kappa shape index (κ1) is 13.4. The molecule has 0 radical (unpaired) electrons. The van der Waals surface area contributed by atoms with E-state index in [0.717, 1.165) is 26.1 Å². The van der Waals surface area contributed by atoms with Crippen LogP contribution < -0.4 is 5.32 Å². The number of hydrogen-bond acceptors (Lipinski definition) is 6. The summed E-state index contributed by atoms with van der Waals surface area (Å²) in [5.74, 6) is -0.137. The molecular weight excluding hydrogens is 252 g/mol. The standard InChI is InChI=1S/C11H18N4O2S/c1-17-6-5-15-4-2-3-9(15)7-12-11(16)10-8-18-14-13-10/h8-9H,2-7H2,1H3,(H,12,16). The van der Waals surface area contributed by atoms with Gasteiger partial charge in [0.2, 0.25) is 0 Å². The molecule has 7 heteroatoms. The monoisotopic (exact) mass is 270 g/mol. The topological polar surface area (TPSA) is 67.3 Å². The van der Waals surface area contributed by atoms with Gasteiger partial charge in [0.25, 0.3) is 5.91 Å². The van der Waals surface area contributed by atoms with Gasteiger partial charge in [-0.05, 0) is 30.9 Å². The molecule has 1 amide bonds. The zero-order valence-electron chi connectivity index (χ0n) is 10.5. The summed E-state index contributed by atoms with van der Waals surface area (Å²) in [6.07, 6.45) is 2.31. The highest BCUT2D eigenvalue weighted by Crippen LogP contribution is 2.15. The van der Waals surface area contributed by atoms with E-state index in [9.17, 15) is 4.79 Å². The second-order valence-electron chi connectivity index (χ2n) is 4.32. The third-order valence-electron chi connectivity index (χ3n) is 3.17. The van der Waals surface area contributed by atoms with Crippen molar-refractivity contribution >= 4 is 17.4 Å². The van der Waals surface area contributed by atoms with Crippen molar-refractivity contribution in [3.8, 4) is 0 Å². The highest BCUT2D eigenvalue weighted by Gasteiger charge is 2.24. The van der Waals surface area contributed by atoms with Crippen LogP contribution in [0, 0.1) is 0 Å². The molecule has 0 bridgehead atoms. The zero-order chi connectivity index (χ0) is 12.8. The number of ether oxygens (including phenoxy) is 1. The van der Waals surface area contributed by atoms with Crippen molar-refractivity contribution < 1.29 is 9.53 Å². The zero-order valence-corrected chi connectivity index (χ0v) is 11.3. The van der Waals surface area contributed by atoms with Crippen LogP contribution in [0.15, 0.2) is 5.38 Å². The van der Waals surface area contributed by atoms with Gasteiger partial charge in [-0.3, -0.25) is 9.69 Å². The molecule has 2 rings (SSSR count). The number of nitrogens with zero attached hydrogens (tertiary/aromatic N) is 3. The van der Waals surface area contributed by atoms with Crippen molar-refractivity contribution in [1.29, 1.82) is 0 Å². The number of nitrogens with one attached hydrogen (secondary N) is 1. The lowest BCUT2D eigenvalue weighted by atomic mass is 10.2. The number of carbonyl (C=O) groups is 1. The Morgan fingerprint density at radius 2 is 2.61 bits per heavy atom. The Hall–Kier alpha value is -1.05. The lowest BCUT2D eigenvalue weighted by molar-refractivity contribution is 0.0928. The van der Waals surface area contributed by atoms with Gasteiger partial charge in [-0.1, -0.05) is 4.49 Å². The van der Waals surface area contributed by atoms with Crippen LogP contribution in [-0.4, -0.2) is 59.8 Å². The fourth-order valence-electron chi connectivity index (χ4n) is 2.19. The summed E-state index contributed by atoms with van der Waals surface area (Å²) in [5, 5.41) is 8.33. The molecule has 6 nitrogen and oxygen atoms in total. The molecular formula is C11H18N4O2S. The number of likely N-dealkylation sites (tertiary alicyclic amines) is 1. The van der Waals surface area contributed by atoms with Gasteiger partial charge in [0, 0.05) is 31.6 Å². The number of aromatic nitrogens is 2. The summed E-state index contributed by atoms with van der Waals surface area (Å²) in [7, 11) is 1.71. The minimum atomic E-state index is -0.137. The van der Waals surface area contributed by atoms with Gasteiger partial charge in [-0.2, -0.15) is 0 Å². The molecule has 0 spiro atoms. The molecule has 1 fully saturated rings. The van der Waals surface area contributed by atoms with Crippen molar-refractivity contribution in [2.24, 2.45) is 0 Å². The molecule has 1 aliphatic heterocycles. The Labute approximate surface area is 110 Å². The smallest absolute Gasteiger partial charge is 0.272 e. The average molecular weight is 270 g/mol. The number of methoxy groups -OCH3 is 1. The molecule has 1 atom stereocenters. The number of amides is 1. The molecule has 1 saturated heterocycles. The Balaban J connectivity index is 1.77. The third kappa shape index (κ3) is 3.47. The van der Waals surface area contributed by atoms with Gasteiger partial charge in [-0.15, -0.1) is 5.10 Å². The fourth-order valence-corrected chi connectivity index (χ4v) is 2.63. The maximum absolute atomic E-state index is 11.7. The summed E-state index contributed by atoms with van der Waals surface area (Å²) in [5.41, 5.74) is 0.404. The Kier molecular flexibility index (Phi) is 5.03. The first-order chi connectivity index (χ1) is 8.81. The lowest BCUT2D eigenvalue weighted by Crippen LogP contribution is -2.41. The van der Waals surface area contributed by atoms with Crippen molar-refractivity contribution in [1.82, 2.24) is 19.8 Å². The van der Waals surface area contributed by atoms with Crippen LogP contribution >= 0.6 is 11.5 Å². The molecule has 1 aliphatic rings. The highest BCUT2D eigenvalue weighted by atomic mass is 32.1. The van der Waals surface area contributed by atoms with Crippen LogP contribution in [0.1, 0.15) is 23.3 Å². The van der Waals surface area contributed by atoms with Crippen molar-refractivity contribution in [2.45, 2.75) is 18.9 Å². The van der Waals surface area contributed by atoms with E-state index in [1.807, 2.05) is 0 Å². The number of rotatable bonds is 6. The van der Waals surface area contributed by atoms with Gasteiger partial charge < -0.3 is 10.1 Å². The minimum Gasteiger partial charge on any atom is -0.383 e. The molecule has 2 heterocycles. The molecule has 1 aromatic heterocycles. The Morgan fingerprint density at radius 3 is 3.33 bits per heavy atom. The number of hydrogen-bond donors (Lipinski definition) is 1. The number of carbonyl (C=O) groups excluding carboxylic acids is 1. The molecule has 0 aliphatic carbocycles. The average Bonchev–Trinajstić information content (AvgIpc) is 3.04. The third-order valence-corrected chi connectivity index (χ3v) is 3.68. The largest absolute Gasteiger partial charge is 0.383 e. The maximum Gasteiger partial charge on any atom is 0.272 e. The first-order valence-electron chi connectivity index (χ1n) is 6.09. The van der Waals surface area contributed by atoms with Crippen molar-refractivity contribution in [3.05, 3.63) is 11.1 Å². The molecule has 0 saturated carbocycles. The molecule has 18 heavy (non-hydrogen) atoms. The molecule has 1 aromatic rings.